The molecule has 0 aliphatic heterocycles. The van der Waals surface area contributed by atoms with E-state index in [1.807, 2.05) is 20.8 Å². The van der Waals surface area contributed by atoms with Gasteiger partial charge >= 0.3 is 0 Å². The molecular weight excluding hydrogens is 271 g/mol. The molecule has 0 saturated carbocycles. The SMILES string of the molecule is CC(C)C(C)NC(=O)c1cc(F)cc(S(N)(=O)=O)c1. The van der Waals surface area contributed by atoms with Crippen LogP contribution in [-0.4, -0.2) is 20.4 Å². The zero-order chi connectivity index (χ0) is 14.8. The highest BCUT2D eigenvalue weighted by molar-refractivity contribution is 7.89. The van der Waals surface area contributed by atoms with E-state index in [4.69, 9.17) is 5.14 Å². The van der Waals surface area contributed by atoms with E-state index in [2.05, 4.69) is 5.32 Å². The van der Waals surface area contributed by atoms with Gasteiger partial charge in [-0.25, -0.2) is 17.9 Å². The van der Waals surface area contributed by atoms with Crippen LogP contribution in [-0.2, 0) is 10.0 Å². The van der Waals surface area contributed by atoms with Gasteiger partial charge in [-0.1, -0.05) is 13.8 Å². The third-order valence-electron chi connectivity index (χ3n) is 2.82. The fourth-order valence-electron chi connectivity index (χ4n) is 1.31. The van der Waals surface area contributed by atoms with Gasteiger partial charge < -0.3 is 5.32 Å². The molecule has 0 radical (unpaired) electrons. The van der Waals surface area contributed by atoms with Gasteiger partial charge in [0.05, 0.1) is 4.90 Å². The van der Waals surface area contributed by atoms with Gasteiger partial charge in [-0.15, -0.1) is 0 Å². The Morgan fingerprint density at radius 2 is 1.84 bits per heavy atom. The van der Waals surface area contributed by atoms with Crippen molar-refractivity contribution >= 4 is 15.9 Å². The third kappa shape index (κ3) is 4.29. The summed E-state index contributed by atoms with van der Waals surface area (Å²) in [6.07, 6.45) is 0. The van der Waals surface area contributed by atoms with Crippen LogP contribution in [0.15, 0.2) is 23.1 Å². The van der Waals surface area contributed by atoms with Crippen molar-refractivity contribution in [3.8, 4) is 0 Å². The van der Waals surface area contributed by atoms with Crippen LogP contribution in [0.5, 0.6) is 0 Å². The molecule has 0 fully saturated rings. The van der Waals surface area contributed by atoms with Crippen LogP contribution in [0.2, 0.25) is 0 Å². The Morgan fingerprint density at radius 1 is 1.26 bits per heavy atom. The Balaban J connectivity index is 3.08. The normalized spacial score (nSPS) is 13.4. The van der Waals surface area contributed by atoms with Gasteiger partial charge in [-0.2, -0.15) is 0 Å². The topological polar surface area (TPSA) is 89.3 Å². The Kier molecular flexibility index (Phi) is 4.65. The molecule has 1 aromatic carbocycles. The van der Waals surface area contributed by atoms with Crippen molar-refractivity contribution in [2.24, 2.45) is 11.1 Å². The first-order valence-electron chi connectivity index (χ1n) is 5.75. The molecule has 0 heterocycles. The number of rotatable bonds is 4. The van der Waals surface area contributed by atoms with Crippen LogP contribution in [0, 0.1) is 11.7 Å². The highest BCUT2D eigenvalue weighted by atomic mass is 32.2. The molecule has 19 heavy (non-hydrogen) atoms. The molecule has 106 valence electrons. The van der Waals surface area contributed by atoms with E-state index in [0.717, 1.165) is 18.2 Å². The summed E-state index contributed by atoms with van der Waals surface area (Å²) in [4.78, 5) is 11.5. The van der Waals surface area contributed by atoms with Gasteiger partial charge in [0, 0.05) is 11.6 Å². The van der Waals surface area contributed by atoms with Gasteiger partial charge in [-0.3, -0.25) is 4.79 Å². The molecular formula is C12H17FN2O3S. The molecule has 0 aliphatic rings. The molecule has 0 aromatic heterocycles. The molecule has 5 nitrogen and oxygen atoms in total. The summed E-state index contributed by atoms with van der Waals surface area (Å²) in [5, 5.41) is 7.58. The Bertz CT molecular complexity index is 585. The molecule has 0 aliphatic carbocycles. The maximum Gasteiger partial charge on any atom is 0.251 e. The molecule has 3 N–H and O–H groups in total. The largest absolute Gasteiger partial charge is 0.349 e. The zero-order valence-corrected chi connectivity index (χ0v) is 11.8. The summed E-state index contributed by atoms with van der Waals surface area (Å²) >= 11 is 0. The lowest BCUT2D eigenvalue weighted by Crippen LogP contribution is -2.36. The number of amides is 1. The number of hydrogen-bond acceptors (Lipinski definition) is 3. The van der Waals surface area contributed by atoms with E-state index in [0.29, 0.717) is 0 Å². The lowest BCUT2D eigenvalue weighted by Gasteiger charge is -2.17. The smallest absolute Gasteiger partial charge is 0.251 e. The maximum absolute atomic E-state index is 13.3. The van der Waals surface area contributed by atoms with Gasteiger partial charge in [0.15, 0.2) is 0 Å². The van der Waals surface area contributed by atoms with E-state index in [1.54, 1.807) is 0 Å². The minimum Gasteiger partial charge on any atom is -0.349 e. The first kappa shape index (κ1) is 15.6. The summed E-state index contributed by atoms with van der Waals surface area (Å²) < 4.78 is 35.7. The lowest BCUT2D eigenvalue weighted by atomic mass is 10.1. The van der Waals surface area contributed by atoms with Crippen molar-refractivity contribution in [1.29, 1.82) is 0 Å². The van der Waals surface area contributed by atoms with E-state index in [-0.39, 0.29) is 17.5 Å². The summed E-state index contributed by atoms with van der Waals surface area (Å²) in [6, 6.07) is 2.68. The Hall–Kier alpha value is -1.47. The minimum absolute atomic E-state index is 0.0727. The van der Waals surface area contributed by atoms with Gasteiger partial charge in [0.25, 0.3) is 5.91 Å². The first-order valence-corrected chi connectivity index (χ1v) is 7.30. The average Bonchev–Trinajstić information content (AvgIpc) is 2.26. The predicted octanol–water partition coefficient (Wildman–Crippen LogP) is 1.25. The molecule has 0 saturated heterocycles. The molecule has 0 bridgehead atoms. The van der Waals surface area contributed by atoms with E-state index < -0.39 is 26.6 Å². The van der Waals surface area contributed by atoms with Gasteiger partial charge in [0.2, 0.25) is 10.0 Å². The Labute approximate surface area is 112 Å². The molecule has 1 unspecified atom stereocenters. The molecule has 0 spiro atoms. The lowest BCUT2D eigenvalue weighted by molar-refractivity contribution is 0.0930. The third-order valence-corrected chi connectivity index (χ3v) is 3.71. The summed E-state index contributed by atoms with van der Waals surface area (Å²) in [7, 11) is -4.05. The second-order valence-corrected chi connectivity index (χ2v) is 6.29. The number of primary sulfonamides is 1. The minimum atomic E-state index is -4.05. The second-order valence-electron chi connectivity index (χ2n) is 4.73. The quantitative estimate of drug-likeness (QED) is 0.873. The van der Waals surface area contributed by atoms with Gasteiger partial charge in [0.1, 0.15) is 5.82 Å². The summed E-state index contributed by atoms with van der Waals surface area (Å²) in [6.45, 7) is 5.65. The number of carbonyl (C=O) groups excluding carboxylic acids is 1. The number of carbonyl (C=O) groups is 1. The van der Waals surface area contributed by atoms with Crippen molar-refractivity contribution in [1.82, 2.24) is 5.32 Å². The van der Waals surface area contributed by atoms with Crippen LogP contribution in [0.3, 0.4) is 0 Å². The Morgan fingerprint density at radius 3 is 2.32 bits per heavy atom. The van der Waals surface area contributed by atoms with Crippen LogP contribution >= 0.6 is 0 Å². The van der Waals surface area contributed by atoms with Crippen molar-refractivity contribution < 1.29 is 17.6 Å². The predicted molar refractivity (Wildman–Crippen MR) is 69.5 cm³/mol. The number of sulfonamides is 1. The van der Waals surface area contributed by atoms with Crippen LogP contribution in [0.1, 0.15) is 31.1 Å². The fraction of sp³-hybridized carbons (Fsp3) is 0.417. The number of nitrogens with two attached hydrogens (primary N) is 1. The highest BCUT2D eigenvalue weighted by Gasteiger charge is 2.17. The maximum atomic E-state index is 13.3. The summed E-state index contributed by atoms with van der Waals surface area (Å²) in [5.74, 6) is -1.16. The average molecular weight is 288 g/mol. The molecule has 1 aromatic rings. The van der Waals surface area contributed by atoms with Crippen LogP contribution < -0.4 is 10.5 Å². The number of hydrogen-bond donors (Lipinski definition) is 2. The first-order chi connectivity index (χ1) is 8.61. The van der Waals surface area contributed by atoms with E-state index in [9.17, 15) is 17.6 Å². The van der Waals surface area contributed by atoms with Crippen molar-refractivity contribution in [3.63, 3.8) is 0 Å². The van der Waals surface area contributed by atoms with Gasteiger partial charge in [-0.05, 0) is 31.0 Å². The molecule has 1 atom stereocenters. The summed E-state index contributed by atoms with van der Waals surface area (Å²) in [5.41, 5.74) is -0.0727. The van der Waals surface area contributed by atoms with Crippen LogP contribution in [0.4, 0.5) is 4.39 Å². The fourth-order valence-corrected chi connectivity index (χ4v) is 1.88. The standard InChI is InChI=1S/C12H17FN2O3S/c1-7(2)8(3)15-12(16)9-4-10(13)6-11(5-9)19(14,17)18/h4-8H,1-3H3,(H,15,16)(H2,14,17,18). The van der Waals surface area contributed by atoms with E-state index >= 15 is 0 Å². The van der Waals surface area contributed by atoms with E-state index in [1.165, 1.54) is 0 Å². The number of halogens is 1. The highest BCUT2D eigenvalue weighted by Crippen LogP contribution is 2.14. The monoisotopic (exact) mass is 288 g/mol. The molecule has 1 rings (SSSR count). The molecule has 1 amide bonds. The van der Waals surface area contributed by atoms with Crippen molar-refractivity contribution in [2.75, 3.05) is 0 Å². The number of benzene rings is 1. The van der Waals surface area contributed by atoms with Crippen molar-refractivity contribution in [3.05, 3.63) is 29.6 Å². The molecule has 7 heteroatoms. The second kappa shape index (κ2) is 5.66. The zero-order valence-electron chi connectivity index (χ0n) is 11.0. The van der Waals surface area contributed by atoms with Crippen molar-refractivity contribution in [2.45, 2.75) is 31.7 Å². The number of nitrogens with one attached hydrogen (secondary N) is 1. The van der Waals surface area contributed by atoms with Crippen LogP contribution in [0.25, 0.3) is 0 Å².